The van der Waals surface area contributed by atoms with Gasteiger partial charge in [0.25, 0.3) is 11.8 Å². The molecule has 3 N–H and O–H groups in total. The summed E-state index contributed by atoms with van der Waals surface area (Å²) in [7, 11) is 0. The lowest BCUT2D eigenvalue weighted by Gasteiger charge is -2.13. The molecule has 0 radical (unpaired) electrons. The first-order chi connectivity index (χ1) is 16.5. The number of H-pyrrole nitrogens is 1. The summed E-state index contributed by atoms with van der Waals surface area (Å²) in [6, 6.07) is 9.15. The van der Waals surface area contributed by atoms with E-state index in [1.54, 1.807) is 29.4 Å². The second-order valence-corrected chi connectivity index (χ2v) is 10.0. The average molecular weight is 477 g/mol. The van der Waals surface area contributed by atoms with Crippen LogP contribution in [0.25, 0.3) is 21.1 Å². The van der Waals surface area contributed by atoms with Crippen molar-refractivity contribution in [1.82, 2.24) is 20.2 Å². The summed E-state index contributed by atoms with van der Waals surface area (Å²) in [5.74, 6) is 1.70. The van der Waals surface area contributed by atoms with Crippen molar-refractivity contribution in [2.24, 2.45) is 5.92 Å². The van der Waals surface area contributed by atoms with Crippen LogP contribution in [0.1, 0.15) is 39.3 Å². The van der Waals surface area contributed by atoms with Crippen LogP contribution in [0, 0.1) is 5.92 Å². The molecule has 3 aromatic heterocycles. The van der Waals surface area contributed by atoms with E-state index >= 15 is 0 Å². The van der Waals surface area contributed by atoms with E-state index < -0.39 is 6.10 Å². The number of rotatable bonds is 6. The molecule has 34 heavy (non-hydrogen) atoms. The third-order valence-electron chi connectivity index (χ3n) is 6.41. The number of pyridine rings is 1. The van der Waals surface area contributed by atoms with Gasteiger partial charge in [0, 0.05) is 55.1 Å². The van der Waals surface area contributed by atoms with Gasteiger partial charge >= 0.3 is 0 Å². The quantitative estimate of drug-likeness (QED) is 0.391. The van der Waals surface area contributed by atoms with Gasteiger partial charge in [-0.25, -0.2) is 0 Å². The Balaban J connectivity index is 1.24. The first-order valence-electron chi connectivity index (χ1n) is 11.5. The molecule has 1 aliphatic heterocycles. The zero-order valence-corrected chi connectivity index (χ0v) is 19.2. The van der Waals surface area contributed by atoms with Gasteiger partial charge in [0.05, 0.1) is 26.8 Å². The fraction of sp³-hybridized carbons (Fsp3) is 0.320. The van der Waals surface area contributed by atoms with Gasteiger partial charge in [0.1, 0.15) is 11.5 Å². The molecule has 1 aliphatic carbocycles. The Morgan fingerprint density at radius 3 is 2.91 bits per heavy atom. The highest BCUT2D eigenvalue weighted by atomic mass is 32.1. The zero-order valence-electron chi connectivity index (χ0n) is 18.4. The minimum absolute atomic E-state index is 0.0658. The first kappa shape index (κ1) is 21.1. The number of fused-ring (bicyclic) bond motifs is 2. The molecule has 1 atom stereocenters. The molecule has 0 spiro atoms. The van der Waals surface area contributed by atoms with Crippen molar-refractivity contribution in [3.63, 3.8) is 0 Å². The molecule has 0 bridgehead atoms. The third kappa shape index (κ3) is 4.01. The number of ether oxygens (including phenoxy) is 1. The maximum Gasteiger partial charge on any atom is 0.264 e. The summed E-state index contributed by atoms with van der Waals surface area (Å²) in [4.78, 5) is 35.2. The number of carbonyl (C=O) groups is 2. The molecule has 8 nitrogen and oxygen atoms in total. The van der Waals surface area contributed by atoms with E-state index in [1.807, 2.05) is 18.2 Å². The van der Waals surface area contributed by atoms with Crippen molar-refractivity contribution in [1.29, 1.82) is 0 Å². The van der Waals surface area contributed by atoms with E-state index in [0.29, 0.717) is 52.9 Å². The Kier molecular flexibility index (Phi) is 5.23. The molecule has 2 fully saturated rings. The van der Waals surface area contributed by atoms with Crippen molar-refractivity contribution >= 4 is 44.3 Å². The maximum absolute atomic E-state index is 12.8. The van der Waals surface area contributed by atoms with Crippen LogP contribution in [-0.4, -0.2) is 57.5 Å². The van der Waals surface area contributed by atoms with Crippen LogP contribution >= 0.6 is 11.3 Å². The minimum Gasteiger partial charge on any atom is -0.456 e. The standard InChI is InChI=1S/C25H24N4O4S/c30-15-6-8-29(13-15)25(32)22-10-20-23(34-22)21(5-7-26-20)33-16-3-4-17-18(12-27-19(17)9-16)24(31)28-11-14-1-2-14/h3-5,7,9-10,12,14-15,27,30H,1-2,6,8,11,13H2,(H,28,31)/t15-/m1/s1. The molecule has 4 aromatic rings. The molecule has 1 saturated carbocycles. The second-order valence-electron chi connectivity index (χ2n) is 8.99. The van der Waals surface area contributed by atoms with E-state index in [4.69, 9.17) is 4.74 Å². The monoisotopic (exact) mass is 476 g/mol. The van der Waals surface area contributed by atoms with Crippen LogP contribution in [0.4, 0.5) is 0 Å². The Morgan fingerprint density at radius 2 is 2.12 bits per heavy atom. The van der Waals surface area contributed by atoms with Gasteiger partial charge < -0.3 is 25.0 Å². The van der Waals surface area contributed by atoms with E-state index in [1.165, 1.54) is 24.2 Å². The Hall–Kier alpha value is -3.43. The Labute approximate surface area is 199 Å². The van der Waals surface area contributed by atoms with Crippen LogP contribution in [0.15, 0.2) is 42.7 Å². The summed E-state index contributed by atoms with van der Waals surface area (Å²) in [5.41, 5.74) is 2.14. The predicted molar refractivity (Wildman–Crippen MR) is 130 cm³/mol. The highest BCUT2D eigenvalue weighted by Crippen LogP contribution is 2.36. The summed E-state index contributed by atoms with van der Waals surface area (Å²) in [6.45, 7) is 1.65. The van der Waals surface area contributed by atoms with E-state index in [-0.39, 0.29) is 11.8 Å². The molecule has 2 aliphatic rings. The molecule has 0 unspecified atom stereocenters. The lowest BCUT2D eigenvalue weighted by molar-refractivity contribution is 0.0769. The van der Waals surface area contributed by atoms with E-state index in [9.17, 15) is 14.7 Å². The number of hydrogen-bond donors (Lipinski definition) is 3. The van der Waals surface area contributed by atoms with E-state index in [0.717, 1.165) is 22.1 Å². The lowest BCUT2D eigenvalue weighted by Crippen LogP contribution is -2.28. The number of carbonyl (C=O) groups excluding carboxylic acids is 2. The molecule has 9 heteroatoms. The summed E-state index contributed by atoms with van der Waals surface area (Å²) in [6.07, 6.45) is 5.93. The van der Waals surface area contributed by atoms with Gasteiger partial charge in [0.2, 0.25) is 0 Å². The normalized spacial score (nSPS) is 18.0. The van der Waals surface area contributed by atoms with Crippen LogP contribution in [0.5, 0.6) is 11.5 Å². The third-order valence-corrected chi connectivity index (χ3v) is 7.54. The zero-order chi connectivity index (χ0) is 23.2. The highest BCUT2D eigenvalue weighted by Gasteiger charge is 2.27. The van der Waals surface area contributed by atoms with Gasteiger partial charge in [-0.2, -0.15) is 0 Å². The van der Waals surface area contributed by atoms with Crippen molar-refractivity contribution < 1.29 is 19.4 Å². The predicted octanol–water partition coefficient (Wildman–Crippen LogP) is 3.92. The summed E-state index contributed by atoms with van der Waals surface area (Å²) >= 11 is 1.34. The van der Waals surface area contributed by atoms with Crippen molar-refractivity contribution in [3.05, 3.63) is 53.2 Å². The molecule has 1 saturated heterocycles. The lowest BCUT2D eigenvalue weighted by atomic mass is 10.1. The van der Waals surface area contributed by atoms with Gasteiger partial charge in [-0.3, -0.25) is 14.6 Å². The number of hydrogen-bond acceptors (Lipinski definition) is 6. The highest BCUT2D eigenvalue weighted by molar-refractivity contribution is 7.21. The maximum atomic E-state index is 12.8. The largest absolute Gasteiger partial charge is 0.456 e. The van der Waals surface area contributed by atoms with Gasteiger partial charge in [-0.1, -0.05) is 0 Å². The minimum atomic E-state index is -0.456. The van der Waals surface area contributed by atoms with Crippen LogP contribution < -0.4 is 10.1 Å². The molecule has 2 amide bonds. The number of likely N-dealkylation sites (tertiary alicyclic amines) is 1. The molecule has 174 valence electrons. The molecular formula is C25H24N4O4S. The fourth-order valence-electron chi connectivity index (χ4n) is 4.32. The second kappa shape index (κ2) is 8.41. The molecular weight excluding hydrogens is 452 g/mol. The van der Waals surface area contributed by atoms with Gasteiger partial charge in [-0.05, 0) is 43.4 Å². The van der Waals surface area contributed by atoms with Crippen LogP contribution in [-0.2, 0) is 0 Å². The van der Waals surface area contributed by atoms with Crippen molar-refractivity contribution in [2.45, 2.75) is 25.4 Å². The number of benzene rings is 1. The van der Waals surface area contributed by atoms with Gasteiger partial charge in [0.15, 0.2) is 0 Å². The average Bonchev–Trinajstić information content (AvgIpc) is 3.20. The molecule has 4 heterocycles. The first-order valence-corrected chi connectivity index (χ1v) is 12.3. The molecule has 6 rings (SSSR count). The van der Waals surface area contributed by atoms with Gasteiger partial charge in [-0.15, -0.1) is 11.3 Å². The number of nitrogens with one attached hydrogen (secondary N) is 2. The number of amides is 2. The number of aliphatic hydroxyl groups is 1. The van der Waals surface area contributed by atoms with Crippen LogP contribution in [0.3, 0.4) is 0 Å². The van der Waals surface area contributed by atoms with E-state index in [2.05, 4.69) is 15.3 Å². The Morgan fingerprint density at radius 1 is 1.24 bits per heavy atom. The molecule has 1 aromatic carbocycles. The number of aromatic amines is 1. The number of aromatic nitrogens is 2. The number of β-amino-alcohol motifs (C(OH)–C–C–N with tert-alkyl or cyclic N) is 1. The number of thiophene rings is 1. The summed E-state index contributed by atoms with van der Waals surface area (Å²) < 4.78 is 6.97. The fourth-order valence-corrected chi connectivity index (χ4v) is 5.35. The smallest absolute Gasteiger partial charge is 0.264 e. The number of nitrogens with zero attached hydrogens (tertiary/aromatic N) is 2. The SMILES string of the molecule is O=C(NCC1CC1)c1c[nH]c2cc(Oc3ccnc4cc(C(=O)N5CC[C@@H](O)C5)sc34)ccc12. The van der Waals surface area contributed by atoms with Crippen molar-refractivity contribution in [2.75, 3.05) is 19.6 Å². The number of aliphatic hydroxyl groups excluding tert-OH is 1. The summed E-state index contributed by atoms with van der Waals surface area (Å²) in [5, 5.41) is 13.6. The Bertz CT molecular complexity index is 1410. The van der Waals surface area contributed by atoms with Crippen LogP contribution in [0.2, 0.25) is 0 Å². The van der Waals surface area contributed by atoms with Crippen molar-refractivity contribution in [3.8, 4) is 11.5 Å². The topological polar surface area (TPSA) is 108 Å².